The first-order valence-corrected chi connectivity index (χ1v) is 12.3. The third-order valence-electron chi connectivity index (χ3n) is 8.88. The summed E-state index contributed by atoms with van der Waals surface area (Å²) in [7, 11) is 3.69. The van der Waals surface area contributed by atoms with Crippen molar-refractivity contribution in [2.24, 2.45) is 0 Å². The molecule has 0 aliphatic carbocycles. The molecule has 4 aliphatic rings. The fraction of sp³-hybridized carbons (Fsp3) is 0.556. The van der Waals surface area contributed by atoms with Crippen molar-refractivity contribution in [2.45, 2.75) is 77.4 Å². The van der Waals surface area contributed by atoms with E-state index in [1.54, 1.807) is 7.11 Å². The highest BCUT2D eigenvalue weighted by Crippen LogP contribution is 2.57. The number of hydrogen-bond donors (Lipinski definition) is 2. The number of likely N-dealkylation sites (N-methyl/N-ethyl adjacent to an activating group) is 1. The zero-order valence-corrected chi connectivity index (χ0v) is 20.8. The molecule has 2 N–H and O–H groups in total. The van der Waals surface area contributed by atoms with Gasteiger partial charge in [-0.3, -0.25) is 9.80 Å². The van der Waals surface area contributed by atoms with E-state index in [4.69, 9.17) is 14.2 Å². The fourth-order valence-corrected chi connectivity index (χ4v) is 7.25. The zero-order valence-electron chi connectivity index (χ0n) is 20.8. The Morgan fingerprint density at radius 1 is 1.06 bits per heavy atom. The fourth-order valence-electron chi connectivity index (χ4n) is 7.25. The van der Waals surface area contributed by atoms with Gasteiger partial charge in [0.1, 0.15) is 6.23 Å². The van der Waals surface area contributed by atoms with Crippen molar-refractivity contribution in [2.75, 3.05) is 21.0 Å². The maximum absolute atomic E-state index is 11.8. The number of rotatable bonds is 2. The van der Waals surface area contributed by atoms with Crippen molar-refractivity contribution in [1.82, 2.24) is 9.80 Å². The molecular weight excluding hydrogens is 432 g/mol. The normalized spacial score (nSPS) is 29.4. The summed E-state index contributed by atoms with van der Waals surface area (Å²) in [6.07, 6.45) is 1.67. The Labute approximate surface area is 200 Å². The number of fused-ring (bicyclic) bond motifs is 9. The first kappa shape index (κ1) is 22.0. The van der Waals surface area contributed by atoms with Crippen molar-refractivity contribution in [3.8, 4) is 23.0 Å². The maximum atomic E-state index is 11.8. The van der Waals surface area contributed by atoms with Crippen molar-refractivity contribution < 1.29 is 24.4 Å². The number of aliphatic hydroxyl groups is 1. The molecule has 2 bridgehead atoms. The predicted molar refractivity (Wildman–Crippen MR) is 128 cm³/mol. The largest absolute Gasteiger partial charge is 0.504 e. The molecule has 0 aromatic heterocycles. The molecule has 0 amide bonds. The molecule has 7 nitrogen and oxygen atoms in total. The number of aromatic hydroxyl groups is 1. The van der Waals surface area contributed by atoms with E-state index in [0.717, 1.165) is 46.6 Å². The minimum Gasteiger partial charge on any atom is -0.504 e. The summed E-state index contributed by atoms with van der Waals surface area (Å²) in [5, 5.41) is 23.2. The van der Waals surface area contributed by atoms with Gasteiger partial charge in [-0.25, -0.2) is 0 Å². The van der Waals surface area contributed by atoms with Crippen LogP contribution in [0.1, 0.15) is 64.4 Å². The topological polar surface area (TPSA) is 74.6 Å². The van der Waals surface area contributed by atoms with Gasteiger partial charge in [-0.15, -0.1) is 0 Å². The number of benzene rings is 2. The molecule has 1 fully saturated rings. The smallest absolute Gasteiger partial charge is 0.231 e. The molecule has 1 saturated heterocycles. The molecule has 5 atom stereocenters. The summed E-state index contributed by atoms with van der Waals surface area (Å²) in [5.74, 6) is 2.48. The van der Waals surface area contributed by atoms with Crippen LogP contribution in [0.25, 0.3) is 0 Å². The molecule has 2 unspecified atom stereocenters. The Balaban J connectivity index is 1.58. The highest BCUT2D eigenvalue weighted by molar-refractivity contribution is 5.63. The van der Waals surface area contributed by atoms with Gasteiger partial charge < -0.3 is 24.4 Å². The molecule has 0 spiro atoms. The standard InChI is InChI=1S/C27H34N2O5/c1-7-17-21-16(13(3)14(4)25-26(21)34-11-33-25)10-18-22-20-15(8-12(2)24(32-6)23(20)30)9-19(28(22)5)27(31)29(17)18/h8,17-19,22,27,30-31H,7,9-11H2,1-6H3/t17-,18?,19+,22-,27?/m0/s1. The van der Waals surface area contributed by atoms with E-state index < -0.39 is 6.23 Å². The van der Waals surface area contributed by atoms with Crippen LogP contribution in [0.5, 0.6) is 23.0 Å². The van der Waals surface area contributed by atoms with Crippen LogP contribution in [0, 0.1) is 20.8 Å². The Morgan fingerprint density at radius 2 is 1.79 bits per heavy atom. The van der Waals surface area contributed by atoms with E-state index in [-0.39, 0.29) is 36.7 Å². The summed E-state index contributed by atoms with van der Waals surface area (Å²) < 4.78 is 17.5. The Morgan fingerprint density at radius 3 is 2.50 bits per heavy atom. The molecule has 7 heteroatoms. The van der Waals surface area contributed by atoms with Crippen LogP contribution in [0.4, 0.5) is 0 Å². The number of ether oxygens (including phenoxy) is 3. The van der Waals surface area contributed by atoms with Gasteiger partial charge in [0, 0.05) is 23.2 Å². The van der Waals surface area contributed by atoms with Gasteiger partial charge in [0.25, 0.3) is 0 Å². The lowest BCUT2D eigenvalue weighted by atomic mass is 9.72. The van der Waals surface area contributed by atoms with Gasteiger partial charge >= 0.3 is 0 Å². The molecular formula is C27H34N2O5. The van der Waals surface area contributed by atoms with Crippen LogP contribution < -0.4 is 14.2 Å². The van der Waals surface area contributed by atoms with E-state index in [9.17, 15) is 10.2 Å². The Hall–Kier alpha value is -2.48. The molecule has 6 rings (SSSR count). The number of aryl methyl sites for hydroxylation is 1. The van der Waals surface area contributed by atoms with E-state index in [0.29, 0.717) is 12.2 Å². The number of aliphatic hydroxyl groups excluding tert-OH is 1. The van der Waals surface area contributed by atoms with E-state index in [1.165, 1.54) is 16.7 Å². The van der Waals surface area contributed by atoms with Gasteiger partial charge in [-0.1, -0.05) is 13.0 Å². The highest BCUT2D eigenvalue weighted by atomic mass is 16.7. The molecule has 34 heavy (non-hydrogen) atoms. The third kappa shape index (κ3) is 2.63. The van der Waals surface area contributed by atoms with Crippen molar-refractivity contribution in [3.05, 3.63) is 45.0 Å². The van der Waals surface area contributed by atoms with Crippen LogP contribution in [0.2, 0.25) is 0 Å². The molecule has 4 heterocycles. The first-order chi connectivity index (χ1) is 16.3. The molecule has 2 aromatic rings. The molecule has 2 aromatic carbocycles. The minimum atomic E-state index is -0.623. The van der Waals surface area contributed by atoms with Crippen LogP contribution in [0.3, 0.4) is 0 Å². The Kier molecular flexibility index (Phi) is 4.86. The van der Waals surface area contributed by atoms with Gasteiger partial charge in [0.15, 0.2) is 23.0 Å². The molecule has 0 saturated carbocycles. The Bertz CT molecular complexity index is 1190. The molecule has 182 valence electrons. The number of hydrogen-bond acceptors (Lipinski definition) is 7. The highest BCUT2D eigenvalue weighted by Gasteiger charge is 2.55. The second-order valence-electron chi connectivity index (χ2n) is 10.3. The van der Waals surface area contributed by atoms with Gasteiger partial charge in [0.05, 0.1) is 19.2 Å². The minimum absolute atomic E-state index is 0.00420. The average molecular weight is 467 g/mol. The first-order valence-electron chi connectivity index (χ1n) is 12.3. The third-order valence-corrected chi connectivity index (χ3v) is 8.88. The lowest BCUT2D eigenvalue weighted by molar-refractivity contribution is -0.172. The lowest BCUT2D eigenvalue weighted by Crippen LogP contribution is -2.68. The van der Waals surface area contributed by atoms with Crippen LogP contribution in [-0.4, -0.2) is 59.3 Å². The summed E-state index contributed by atoms with van der Waals surface area (Å²) in [6, 6.07) is 2.02. The second-order valence-corrected chi connectivity index (χ2v) is 10.3. The quantitative estimate of drug-likeness (QED) is 0.700. The summed E-state index contributed by atoms with van der Waals surface area (Å²) in [5.41, 5.74) is 7.80. The predicted octanol–water partition coefficient (Wildman–Crippen LogP) is 3.66. The van der Waals surface area contributed by atoms with Gasteiger partial charge in [-0.2, -0.15) is 0 Å². The van der Waals surface area contributed by atoms with E-state index in [2.05, 4.69) is 43.7 Å². The monoisotopic (exact) mass is 466 g/mol. The SMILES string of the molecule is CC[C@H]1c2c(c(C)c(C)c3c2OCO3)CC2[C@H]3c4c(cc(C)c(OC)c4O)C[C@H](C(O)N21)N3C. The number of piperazine rings is 1. The van der Waals surface area contributed by atoms with Crippen molar-refractivity contribution >= 4 is 0 Å². The number of nitrogens with zero attached hydrogens (tertiary/aromatic N) is 2. The molecule has 0 radical (unpaired) electrons. The van der Waals surface area contributed by atoms with Crippen LogP contribution in [0.15, 0.2) is 6.07 Å². The van der Waals surface area contributed by atoms with Gasteiger partial charge in [-0.05, 0) is 74.9 Å². The second kappa shape index (κ2) is 7.51. The van der Waals surface area contributed by atoms with E-state index in [1.807, 2.05) is 6.92 Å². The number of phenolic OH excluding ortho intramolecular Hbond substituents is 1. The zero-order chi connectivity index (χ0) is 24.0. The molecule has 4 aliphatic heterocycles. The summed E-state index contributed by atoms with van der Waals surface area (Å²) in [6.45, 7) is 8.65. The number of phenols is 1. The van der Waals surface area contributed by atoms with Crippen molar-refractivity contribution in [1.29, 1.82) is 0 Å². The summed E-state index contributed by atoms with van der Waals surface area (Å²) >= 11 is 0. The van der Waals surface area contributed by atoms with E-state index >= 15 is 0 Å². The number of methoxy groups -OCH3 is 1. The van der Waals surface area contributed by atoms with Crippen molar-refractivity contribution in [3.63, 3.8) is 0 Å². The van der Waals surface area contributed by atoms with Crippen LogP contribution >= 0.6 is 0 Å². The average Bonchev–Trinajstić information content (AvgIpc) is 3.30. The van der Waals surface area contributed by atoms with Gasteiger partial charge in [0.2, 0.25) is 6.79 Å². The summed E-state index contributed by atoms with van der Waals surface area (Å²) in [4.78, 5) is 4.57. The lowest BCUT2D eigenvalue weighted by Gasteiger charge is -2.60. The maximum Gasteiger partial charge on any atom is 0.231 e. The van der Waals surface area contributed by atoms with Crippen LogP contribution in [-0.2, 0) is 12.8 Å².